The first kappa shape index (κ1) is 21.1. The molecule has 8 heteroatoms. The Hall–Kier alpha value is -3.13. The van der Waals surface area contributed by atoms with Crippen LogP contribution in [0.15, 0.2) is 54.6 Å². The third-order valence-corrected chi connectivity index (χ3v) is 5.41. The average molecular weight is 427 g/mol. The number of piperazine rings is 1. The number of alkyl halides is 3. The average Bonchev–Trinajstić information content (AvgIpc) is 2.79. The van der Waals surface area contributed by atoms with Gasteiger partial charge in [0.25, 0.3) is 0 Å². The van der Waals surface area contributed by atoms with Crippen molar-refractivity contribution in [3.63, 3.8) is 0 Å². The van der Waals surface area contributed by atoms with Crippen molar-refractivity contribution in [3.8, 4) is 11.1 Å². The molecule has 1 aliphatic heterocycles. The van der Waals surface area contributed by atoms with Crippen molar-refractivity contribution in [2.24, 2.45) is 0 Å². The predicted octanol–water partition coefficient (Wildman–Crippen LogP) is 4.49. The molecule has 0 spiro atoms. The molecule has 0 aliphatic carbocycles. The topological polar surface area (TPSA) is 53.1 Å². The fraction of sp³-hybridized carbons (Fsp3) is 0.304. The molecule has 1 aromatic heterocycles. The Balaban J connectivity index is 1.59. The third kappa shape index (κ3) is 4.96. The van der Waals surface area contributed by atoms with E-state index < -0.39 is 11.9 Å². The molecule has 1 saturated heterocycles. The standard InChI is InChI=1S/C23H24F3N5/c1-16-18(8-5-9-19(16)17-6-3-2-4-7-17)15-28-22-29-20(23(24,25)26)14-21(30-22)31-12-10-27-11-13-31/h2-9,14,27H,10-13,15H2,1H3,(H,28,29,30). The first-order valence-electron chi connectivity index (χ1n) is 10.2. The summed E-state index contributed by atoms with van der Waals surface area (Å²) in [4.78, 5) is 9.95. The second-order valence-corrected chi connectivity index (χ2v) is 7.48. The van der Waals surface area contributed by atoms with E-state index in [2.05, 4.69) is 20.6 Å². The van der Waals surface area contributed by atoms with Crippen LogP contribution in [0.1, 0.15) is 16.8 Å². The van der Waals surface area contributed by atoms with Gasteiger partial charge in [0.15, 0.2) is 5.69 Å². The fourth-order valence-electron chi connectivity index (χ4n) is 3.69. The van der Waals surface area contributed by atoms with Crippen molar-refractivity contribution < 1.29 is 13.2 Å². The van der Waals surface area contributed by atoms with Crippen LogP contribution in [0.5, 0.6) is 0 Å². The van der Waals surface area contributed by atoms with E-state index in [9.17, 15) is 13.2 Å². The summed E-state index contributed by atoms with van der Waals surface area (Å²) in [6.07, 6.45) is -4.54. The number of halogens is 3. The fourth-order valence-corrected chi connectivity index (χ4v) is 3.69. The Morgan fingerprint density at radius 3 is 2.45 bits per heavy atom. The molecule has 5 nitrogen and oxygen atoms in total. The van der Waals surface area contributed by atoms with Gasteiger partial charge in [0, 0.05) is 38.8 Å². The number of rotatable bonds is 5. The first-order valence-corrected chi connectivity index (χ1v) is 10.2. The van der Waals surface area contributed by atoms with Crippen LogP contribution >= 0.6 is 0 Å². The van der Waals surface area contributed by atoms with Gasteiger partial charge in [-0.05, 0) is 29.2 Å². The molecule has 2 heterocycles. The molecule has 162 valence electrons. The molecule has 0 radical (unpaired) electrons. The zero-order valence-corrected chi connectivity index (χ0v) is 17.2. The number of nitrogens with zero attached hydrogens (tertiary/aromatic N) is 3. The number of hydrogen-bond donors (Lipinski definition) is 2. The lowest BCUT2D eigenvalue weighted by atomic mass is 9.96. The van der Waals surface area contributed by atoms with Crippen LogP contribution in [-0.2, 0) is 12.7 Å². The molecule has 1 aliphatic rings. The van der Waals surface area contributed by atoms with Gasteiger partial charge in [0.1, 0.15) is 5.82 Å². The van der Waals surface area contributed by atoms with E-state index in [-0.39, 0.29) is 5.95 Å². The van der Waals surface area contributed by atoms with Gasteiger partial charge in [-0.2, -0.15) is 18.2 Å². The van der Waals surface area contributed by atoms with E-state index in [1.54, 1.807) is 0 Å². The summed E-state index contributed by atoms with van der Waals surface area (Å²) in [6, 6.07) is 17.0. The van der Waals surface area contributed by atoms with Gasteiger partial charge in [-0.25, -0.2) is 4.98 Å². The van der Waals surface area contributed by atoms with E-state index in [1.165, 1.54) is 0 Å². The van der Waals surface area contributed by atoms with Crippen molar-refractivity contribution in [2.45, 2.75) is 19.6 Å². The Kier molecular flexibility index (Phi) is 6.08. The van der Waals surface area contributed by atoms with Crippen molar-refractivity contribution in [3.05, 3.63) is 71.4 Å². The van der Waals surface area contributed by atoms with Gasteiger partial charge >= 0.3 is 6.18 Å². The number of aromatic nitrogens is 2. The summed E-state index contributed by atoms with van der Waals surface area (Å²) in [5, 5.41) is 6.20. The lowest BCUT2D eigenvalue weighted by molar-refractivity contribution is -0.141. The summed E-state index contributed by atoms with van der Waals surface area (Å²) < 4.78 is 40.3. The Morgan fingerprint density at radius 1 is 1.00 bits per heavy atom. The molecular formula is C23H24F3N5. The second kappa shape index (κ2) is 8.93. The maximum absolute atomic E-state index is 13.4. The molecule has 0 atom stereocenters. The lowest BCUT2D eigenvalue weighted by Crippen LogP contribution is -2.44. The molecule has 0 unspecified atom stereocenters. The summed E-state index contributed by atoms with van der Waals surface area (Å²) in [6.45, 7) is 4.96. The highest BCUT2D eigenvalue weighted by atomic mass is 19.4. The Labute approximate surface area is 179 Å². The van der Waals surface area contributed by atoms with Crippen molar-refractivity contribution >= 4 is 11.8 Å². The highest BCUT2D eigenvalue weighted by Crippen LogP contribution is 2.31. The number of nitrogens with one attached hydrogen (secondary N) is 2. The summed E-state index contributed by atoms with van der Waals surface area (Å²) in [5.74, 6) is 0.272. The minimum absolute atomic E-state index is 0.0205. The molecule has 0 bridgehead atoms. The van der Waals surface area contributed by atoms with Crippen LogP contribution in [0.25, 0.3) is 11.1 Å². The van der Waals surface area contributed by atoms with Crippen LogP contribution in [-0.4, -0.2) is 36.1 Å². The van der Waals surface area contributed by atoms with E-state index in [4.69, 9.17) is 0 Å². The molecule has 4 rings (SSSR count). The molecule has 0 saturated carbocycles. The highest BCUT2D eigenvalue weighted by Gasteiger charge is 2.34. The lowest BCUT2D eigenvalue weighted by Gasteiger charge is -2.29. The molecule has 3 aromatic rings. The van der Waals surface area contributed by atoms with Crippen LogP contribution in [0.2, 0.25) is 0 Å². The van der Waals surface area contributed by atoms with E-state index >= 15 is 0 Å². The van der Waals surface area contributed by atoms with Crippen molar-refractivity contribution in [1.29, 1.82) is 0 Å². The minimum atomic E-state index is -4.54. The van der Waals surface area contributed by atoms with Crippen LogP contribution in [0, 0.1) is 6.92 Å². The smallest absolute Gasteiger partial charge is 0.354 e. The summed E-state index contributed by atoms with van der Waals surface area (Å²) in [7, 11) is 0. The molecule has 1 fully saturated rings. The minimum Gasteiger partial charge on any atom is -0.354 e. The monoisotopic (exact) mass is 427 g/mol. The number of anilines is 2. The zero-order chi connectivity index (χ0) is 21.8. The van der Waals surface area contributed by atoms with Crippen molar-refractivity contribution in [2.75, 3.05) is 36.4 Å². The SMILES string of the molecule is Cc1c(CNc2nc(N3CCNCC3)cc(C(F)(F)F)n2)cccc1-c1ccccc1. The van der Waals surface area contributed by atoms with Crippen LogP contribution in [0.4, 0.5) is 24.9 Å². The normalized spacial score (nSPS) is 14.5. The highest BCUT2D eigenvalue weighted by molar-refractivity contribution is 5.68. The first-order chi connectivity index (χ1) is 14.9. The van der Waals surface area contributed by atoms with Gasteiger partial charge < -0.3 is 15.5 Å². The predicted molar refractivity (Wildman–Crippen MR) is 116 cm³/mol. The molecule has 2 N–H and O–H groups in total. The second-order valence-electron chi connectivity index (χ2n) is 7.48. The molecular weight excluding hydrogens is 403 g/mol. The Morgan fingerprint density at radius 2 is 1.74 bits per heavy atom. The van der Waals surface area contributed by atoms with Crippen molar-refractivity contribution in [1.82, 2.24) is 15.3 Å². The maximum atomic E-state index is 13.4. The van der Waals surface area contributed by atoms with Crippen LogP contribution < -0.4 is 15.5 Å². The van der Waals surface area contributed by atoms with Crippen LogP contribution in [0.3, 0.4) is 0 Å². The zero-order valence-electron chi connectivity index (χ0n) is 17.2. The van der Waals surface area contributed by atoms with Gasteiger partial charge in [-0.3, -0.25) is 0 Å². The maximum Gasteiger partial charge on any atom is 0.433 e. The molecule has 31 heavy (non-hydrogen) atoms. The number of hydrogen-bond acceptors (Lipinski definition) is 5. The molecule has 0 amide bonds. The van der Waals surface area contributed by atoms with E-state index in [0.29, 0.717) is 38.5 Å². The quantitative estimate of drug-likeness (QED) is 0.628. The summed E-state index contributed by atoms with van der Waals surface area (Å²) >= 11 is 0. The molecule has 2 aromatic carbocycles. The largest absolute Gasteiger partial charge is 0.433 e. The van der Waals surface area contributed by atoms with Gasteiger partial charge in [0.05, 0.1) is 0 Å². The van der Waals surface area contributed by atoms with Gasteiger partial charge in [-0.1, -0.05) is 48.5 Å². The van der Waals surface area contributed by atoms with Gasteiger partial charge in [-0.15, -0.1) is 0 Å². The third-order valence-electron chi connectivity index (χ3n) is 5.41. The Bertz CT molecular complexity index is 1030. The summed E-state index contributed by atoms with van der Waals surface area (Å²) in [5.41, 5.74) is 3.29. The number of benzene rings is 2. The van der Waals surface area contributed by atoms with E-state index in [1.807, 2.05) is 60.4 Å². The van der Waals surface area contributed by atoms with Gasteiger partial charge in [0.2, 0.25) is 5.95 Å². The van der Waals surface area contributed by atoms with E-state index in [0.717, 1.165) is 28.3 Å².